The van der Waals surface area contributed by atoms with Crippen molar-refractivity contribution < 1.29 is 5.11 Å². The maximum atomic E-state index is 11.2. The van der Waals surface area contributed by atoms with Gasteiger partial charge in [0.2, 0.25) is 0 Å². The van der Waals surface area contributed by atoms with E-state index in [-0.39, 0.29) is 5.41 Å². The molecule has 1 N–H and O–H groups in total. The summed E-state index contributed by atoms with van der Waals surface area (Å²) in [6.45, 7) is 9.73. The van der Waals surface area contributed by atoms with Crippen LogP contribution in [-0.2, 0) is 0 Å². The number of nitrogens with zero attached hydrogens (tertiary/aromatic N) is 3. The van der Waals surface area contributed by atoms with Crippen LogP contribution in [0.3, 0.4) is 0 Å². The Hall–Kier alpha value is -0.160. The van der Waals surface area contributed by atoms with Gasteiger partial charge in [-0.2, -0.15) is 0 Å². The first-order valence-corrected chi connectivity index (χ1v) is 6.75. The lowest BCUT2D eigenvalue weighted by atomic mass is 9.61. The lowest BCUT2D eigenvalue weighted by molar-refractivity contribution is -0.197. The minimum Gasteiger partial charge on any atom is -0.387 e. The lowest BCUT2D eigenvalue weighted by Crippen LogP contribution is -2.72. The van der Waals surface area contributed by atoms with Crippen molar-refractivity contribution >= 4 is 0 Å². The summed E-state index contributed by atoms with van der Waals surface area (Å²) >= 11 is 0. The molecular weight excluding hydrogens is 214 g/mol. The molecule has 0 spiro atoms. The maximum absolute atomic E-state index is 11.2. The van der Waals surface area contributed by atoms with E-state index < -0.39 is 5.60 Å². The molecule has 4 aliphatic heterocycles. The zero-order chi connectivity index (χ0) is 12.3. The van der Waals surface area contributed by atoms with E-state index >= 15 is 0 Å². The van der Waals surface area contributed by atoms with Crippen molar-refractivity contribution in [2.24, 2.45) is 11.3 Å². The second kappa shape index (κ2) is 3.67. The summed E-state index contributed by atoms with van der Waals surface area (Å²) in [7, 11) is 4.14. The number of hydrogen-bond acceptors (Lipinski definition) is 4. The van der Waals surface area contributed by atoms with Crippen molar-refractivity contribution in [1.29, 1.82) is 0 Å². The van der Waals surface area contributed by atoms with Crippen LogP contribution >= 0.6 is 0 Å². The number of likely N-dealkylation sites (N-methyl/N-ethyl adjacent to an activating group) is 1. The fraction of sp³-hybridized carbons (Fsp3) is 1.00. The van der Waals surface area contributed by atoms with Crippen LogP contribution in [0.1, 0.15) is 6.92 Å². The molecule has 0 aromatic carbocycles. The van der Waals surface area contributed by atoms with E-state index in [1.165, 1.54) is 13.1 Å². The van der Waals surface area contributed by atoms with E-state index in [0.29, 0.717) is 5.92 Å². The van der Waals surface area contributed by atoms with Crippen LogP contribution in [0.15, 0.2) is 0 Å². The zero-order valence-electron chi connectivity index (χ0n) is 11.3. The van der Waals surface area contributed by atoms with E-state index in [1.54, 1.807) is 0 Å². The Kier molecular flexibility index (Phi) is 2.57. The smallest absolute Gasteiger partial charge is 0.0903 e. The molecule has 0 saturated carbocycles. The second-order valence-electron chi connectivity index (χ2n) is 6.89. The molecule has 4 rings (SSSR count). The predicted octanol–water partition coefficient (Wildman–Crippen LogP) is -0.454. The molecule has 4 heterocycles. The largest absolute Gasteiger partial charge is 0.387 e. The Bertz CT molecular complexity index is 304. The van der Waals surface area contributed by atoms with Gasteiger partial charge in [-0.25, -0.2) is 0 Å². The highest BCUT2D eigenvalue weighted by Crippen LogP contribution is 2.48. The van der Waals surface area contributed by atoms with E-state index in [4.69, 9.17) is 0 Å². The number of hydrogen-bond donors (Lipinski definition) is 1. The summed E-state index contributed by atoms with van der Waals surface area (Å²) in [6, 6.07) is 0. The van der Waals surface area contributed by atoms with Crippen LogP contribution in [0.4, 0.5) is 0 Å². The first-order chi connectivity index (χ1) is 7.93. The molecule has 4 aliphatic rings. The van der Waals surface area contributed by atoms with E-state index in [9.17, 15) is 5.11 Å². The van der Waals surface area contributed by atoms with Crippen molar-refractivity contribution in [3.05, 3.63) is 0 Å². The molecule has 4 fully saturated rings. The topological polar surface area (TPSA) is 30.0 Å². The minimum atomic E-state index is -0.506. The van der Waals surface area contributed by atoms with Gasteiger partial charge in [0.15, 0.2) is 0 Å². The molecule has 0 aliphatic carbocycles. The highest BCUT2D eigenvalue weighted by molar-refractivity contribution is 5.13. The van der Waals surface area contributed by atoms with Gasteiger partial charge in [-0.3, -0.25) is 0 Å². The molecule has 17 heavy (non-hydrogen) atoms. The van der Waals surface area contributed by atoms with Crippen LogP contribution in [0.25, 0.3) is 0 Å². The van der Waals surface area contributed by atoms with Gasteiger partial charge in [-0.15, -0.1) is 0 Å². The maximum Gasteiger partial charge on any atom is 0.0903 e. The SMILES string of the molecule is CN(C)C[C@]1(O)C2CN3CCN(C2)CC1(C)C3. The number of rotatable bonds is 2. The highest BCUT2D eigenvalue weighted by Gasteiger charge is 2.60. The Morgan fingerprint density at radius 2 is 1.71 bits per heavy atom. The third-order valence-corrected chi connectivity index (χ3v) is 5.11. The molecule has 0 radical (unpaired) electrons. The first kappa shape index (κ1) is 11.9. The van der Waals surface area contributed by atoms with Crippen molar-refractivity contribution in [3.63, 3.8) is 0 Å². The monoisotopic (exact) mass is 239 g/mol. The summed E-state index contributed by atoms with van der Waals surface area (Å²) in [5, 5.41) is 11.2. The number of piperidine rings is 2. The summed E-state index contributed by atoms with van der Waals surface area (Å²) in [4.78, 5) is 7.26. The molecule has 3 atom stereocenters. The van der Waals surface area contributed by atoms with Gasteiger partial charge in [0.1, 0.15) is 0 Å². The average molecular weight is 239 g/mol. The highest BCUT2D eigenvalue weighted by atomic mass is 16.3. The lowest BCUT2D eigenvalue weighted by Gasteiger charge is -2.60. The Labute approximate surface area is 104 Å². The quantitative estimate of drug-likeness (QED) is 0.707. The van der Waals surface area contributed by atoms with Crippen LogP contribution < -0.4 is 0 Å². The van der Waals surface area contributed by atoms with Gasteiger partial charge in [0.25, 0.3) is 0 Å². The molecule has 4 saturated heterocycles. The van der Waals surface area contributed by atoms with E-state index in [0.717, 1.165) is 32.7 Å². The summed E-state index contributed by atoms with van der Waals surface area (Å²) in [5.41, 5.74) is -0.469. The predicted molar refractivity (Wildman–Crippen MR) is 68.0 cm³/mol. The summed E-state index contributed by atoms with van der Waals surface area (Å²) in [5.74, 6) is 0.417. The van der Waals surface area contributed by atoms with Gasteiger partial charge in [-0.1, -0.05) is 6.92 Å². The van der Waals surface area contributed by atoms with Crippen molar-refractivity contribution in [3.8, 4) is 0 Å². The molecule has 4 nitrogen and oxygen atoms in total. The molecule has 4 bridgehead atoms. The molecule has 0 aromatic heterocycles. The van der Waals surface area contributed by atoms with E-state index in [1.807, 2.05) is 0 Å². The average Bonchev–Trinajstić information content (AvgIpc) is 2.42. The fourth-order valence-corrected chi connectivity index (χ4v) is 4.34. The molecular formula is C13H25N3O. The van der Waals surface area contributed by atoms with Crippen LogP contribution in [0, 0.1) is 11.3 Å². The Morgan fingerprint density at radius 3 is 2.12 bits per heavy atom. The summed E-state index contributed by atoms with van der Waals surface area (Å²) in [6.07, 6.45) is 0. The molecule has 0 amide bonds. The van der Waals surface area contributed by atoms with Gasteiger partial charge >= 0.3 is 0 Å². The van der Waals surface area contributed by atoms with Gasteiger partial charge in [0, 0.05) is 57.1 Å². The Balaban J connectivity index is 1.95. The van der Waals surface area contributed by atoms with Gasteiger partial charge in [0.05, 0.1) is 5.60 Å². The fourth-order valence-electron chi connectivity index (χ4n) is 4.34. The zero-order valence-corrected chi connectivity index (χ0v) is 11.3. The molecule has 4 heteroatoms. The van der Waals surface area contributed by atoms with Crippen molar-refractivity contribution in [2.75, 3.05) is 59.9 Å². The van der Waals surface area contributed by atoms with Gasteiger partial charge < -0.3 is 19.8 Å². The third-order valence-electron chi connectivity index (χ3n) is 5.11. The Morgan fingerprint density at radius 1 is 1.18 bits per heavy atom. The summed E-state index contributed by atoms with van der Waals surface area (Å²) < 4.78 is 0. The molecule has 2 unspecified atom stereocenters. The molecule has 0 aromatic rings. The van der Waals surface area contributed by atoms with E-state index in [2.05, 4.69) is 35.7 Å². The molecule has 98 valence electrons. The normalized spacial score (nSPS) is 53.1. The number of aliphatic hydroxyl groups is 1. The van der Waals surface area contributed by atoms with Crippen molar-refractivity contribution in [1.82, 2.24) is 14.7 Å². The van der Waals surface area contributed by atoms with Crippen LogP contribution in [0.2, 0.25) is 0 Å². The standard InChI is InChI=1S/C13H25N3O/c1-12-8-15-4-5-16(9-12)7-11(6-15)13(12,17)10-14(2)3/h11,17H,4-10H2,1-3H3/t11?,12?,13-/m0/s1. The van der Waals surface area contributed by atoms with Crippen molar-refractivity contribution in [2.45, 2.75) is 12.5 Å². The van der Waals surface area contributed by atoms with Crippen LogP contribution in [-0.4, -0.2) is 85.3 Å². The minimum absolute atomic E-state index is 0.0366. The first-order valence-electron chi connectivity index (χ1n) is 6.75. The number of fused-ring (bicyclic) bond motifs is 1. The van der Waals surface area contributed by atoms with Crippen LogP contribution in [0.5, 0.6) is 0 Å². The van der Waals surface area contributed by atoms with Gasteiger partial charge in [-0.05, 0) is 14.1 Å². The third kappa shape index (κ3) is 1.65. The second-order valence-corrected chi connectivity index (χ2v) is 6.89.